The van der Waals surface area contributed by atoms with Gasteiger partial charge in [-0.2, -0.15) is 0 Å². The van der Waals surface area contributed by atoms with Gasteiger partial charge in [0.15, 0.2) is 0 Å². The lowest BCUT2D eigenvalue weighted by Crippen LogP contribution is -2.14. The third-order valence-electron chi connectivity index (χ3n) is 2.92. The largest absolute Gasteiger partial charge is 0.481 e. The summed E-state index contributed by atoms with van der Waals surface area (Å²) in [6, 6.07) is 10.8. The van der Waals surface area contributed by atoms with Crippen LogP contribution >= 0.6 is 0 Å². The standard InChI is InChI=1S/C14H13NO4/c16-13(17)8-6-10(14(18)19)12-7-5-9-3-1-2-4-11(9)15-12/h1-5,7,10H,6,8H2,(H,16,17)(H,18,19). The van der Waals surface area contributed by atoms with Crippen molar-refractivity contribution in [2.45, 2.75) is 18.8 Å². The number of hydrogen-bond donors (Lipinski definition) is 2. The predicted octanol–water partition coefficient (Wildman–Crippen LogP) is 2.27. The Morgan fingerprint density at radius 1 is 1.11 bits per heavy atom. The van der Waals surface area contributed by atoms with E-state index in [1.54, 1.807) is 18.2 Å². The second kappa shape index (κ2) is 5.48. The normalized spacial score (nSPS) is 12.2. The third kappa shape index (κ3) is 3.07. The van der Waals surface area contributed by atoms with Crippen LogP contribution in [0.25, 0.3) is 10.9 Å². The summed E-state index contributed by atoms with van der Waals surface area (Å²) in [6.45, 7) is 0. The molecule has 98 valence electrons. The number of aliphatic carboxylic acids is 2. The van der Waals surface area contributed by atoms with Crippen LogP contribution in [-0.4, -0.2) is 27.1 Å². The first-order chi connectivity index (χ1) is 9.08. The van der Waals surface area contributed by atoms with Crippen LogP contribution in [0.15, 0.2) is 36.4 Å². The number of hydrogen-bond acceptors (Lipinski definition) is 3. The Hall–Kier alpha value is -2.43. The molecular formula is C14H13NO4. The van der Waals surface area contributed by atoms with Gasteiger partial charge in [0.2, 0.25) is 0 Å². The number of pyridine rings is 1. The fourth-order valence-corrected chi connectivity index (χ4v) is 1.94. The van der Waals surface area contributed by atoms with E-state index in [-0.39, 0.29) is 12.8 Å². The van der Waals surface area contributed by atoms with E-state index < -0.39 is 17.9 Å². The molecule has 1 heterocycles. The minimum atomic E-state index is -1.05. The van der Waals surface area contributed by atoms with E-state index in [9.17, 15) is 14.7 Å². The van der Waals surface area contributed by atoms with Crippen LogP contribution in [0, 0.1) is 0 Å². The van der Waals surface area contributed by atoms with Crippen molar-refractivity contribution >= 4 is 22.8 Å². The summed E-state index contributed by atoms with van der Waals surface area (Å²) in [6.07, 6.45) is -0.151. The fourth-order valence-electron chi connectivity index (χ4n) is 1.94. The zero-order valence-electron chi connectivity index (χ0n) is 10.1. The smallest absolute Gasteiger partial charge is 0.312 e. The Kier molecular flexibility index (Phi) is 3.75. The first-order valence-corrected chi connectivity index (χ1v) is 5.88. The van der Waals surface area contributed by atoms with Crippen LogP contribution in [0.4, 0.5) is 0 Å². The van der Waals surface area contributed by atoms with Crippen molar-refractivity contribution in [2.24, 2.45) is 0 Å². The summed E-state index contributed by atoms with van der Waals surface area (Å²) in [4.78, 5) is 26.1. The molecule has 1 atom stereocenters. The molecule has 2 rings (SSSR count). The number of benzene rings is 1. The molecule has 0 spiro atoms. The summed E-state index contributed by atoms with van der Waals surface area (Å²) >= 11 is 0. The molecule has 0 aliphatic carbocycles. The van der Waals surface area contributed by atoms with Gasteiger partial charge in [0.1, 0.15) is 0 Å². The topological polar surface area (TPSA) is 87.5 Å². The van der Waals surface area contributed by atoms with Gasteiger partial charge in [-0.1, -0.05) is 24.3 Å². The highest BCUT2D eigenvalue weighted by Gasteiger charge is 2.22. The molecule has 19 heavy (non-hydrogen) atoms. The van der Waals surface area contributed by atoms with E-state index in [0.717, 1.165) is 5.39 Å². The first kappa shape index (κ1) is 13.0. The van der Waals surface area contributed by atoms with Crippen molar-refractivity contribution in [3.05, 3.63) is 42.1 Å². The number of carbonyl (C=O) groups is 2. The van der Waals surface area contributed by atoms with Gasteiger partial charge in [-0.15, -0.1) is 0 Å². The van der Waals surface area contributed by atoms with E-state index >= 15 is 0 Å². The average Bonchev–Trinajstić information content (AvgIpc) is 2.38. The van der Waals surface area contributed by atoms with Crippen LogP contribution in [0.3, 0.4) is 0 Å². The van der Waals surface area contributed by atoms with Gasteiger partial charge in [0.25, 0.3) is 0 Å². The van der Waals surface area contributed by atoms with Gasteiger partial charge in [-0.05, 0) is 18.6 Å². The zero-order valence-corrected chi connectivity index (χ0v) is 10.1. The van der Waals surface area contributed by atoms with Gasteiger partial charge >= 0.3 is 11.9 Å². The number of carboxylic acids is 2. The maximum Gasteiger partial charge on any atom is 0.312 e. The lowest BCUT2D eigenvalue weighted by Gasteiger charge is -2.11. The lowest BCUT2D eigenvalue weighted by molar-refractivity contribution is -0.140. The van der Waals surface area contributed by atoms with Crippen molar-refractivity contribution in [1.82, 2.24) is 4.98 Å². The van der Waals surface area contributed by atoms with Crippen molar-refractivity contribution in [2.75, 3.05) is 0 Å². The molecule has 0 saturated carbocycles. The van der Waals surface area contributed by atoms with E-state index in [4.69, 9.17) is 5.11 Å². The Balaban J connectivity index is 2.33. The molecule has 0 amide bonds. The second-order valence-electron chi connectivity index (χ2n) is 4.25. The number of nitrogens with zero attached hydrogens (tertiary/aromatic N) is 1. The number of fused-ring (bicyclic) bond motifs is 1. The van der Waals surface area contributed by atoms with Gasteiger partial charge in [0, 0.05) is 11.8 Å². The molecule has 5 heteroatoms. The maximum atomic E-state index is 11.2. The molecule has 0 bridgehead atoms. The molecule has 2 N–H and O–H groups in total. The van der Waals surface area contributed by atoms with Crippen LogP contribution in [0.1, 0.15) is 24.5 Å². The van der Waals surface area contributed by atoms with Crippen molar-refractivity contribution in [3.63, 3.8) is 0 Å². The van der Waals surface area contributed by atoms with E-state index in [1.165, 1.54) is 0 Å². The van der Waals surface area contributed by atoms with Crippen LogP contribution in [0.5, 0.6) is 0 Å². The number of rotatable bonds is 5. The first-order valence-electron chi connectivity index (χ1n) is 5.88. The SMILES string of the molecule is O=C(O)CCC(C(=O)O)c1ccc2ccccc2n1. The van der Waals surface area contributed by atoms with Crippen LogP contribution < -0.4 is 0 Å². The summed E-state index contributed by atoms with van der Waals surface area (Å²) in [7, 11) is 0. The van der Waals surface area contributed by atoms with Crippen molar-refractivity contribution < 1.29 is 19.8 Å². The molecule has 2 aromatic rings. The van der Waals surface area contributed by atoms with Crippen molar-refractivity contribution in [3.8, 4) is 0 Å². The molecule has 0 radical (unpaired) electrons. The zero-order chi connectivity index (χ0) is 13.8. The fraction of sp³-hybridized carbons (Fsp3) is 0.214. The summed E-state index contributed by atoms with van der Waals surface area (Å²) in [5.41, 5.74) is 1.11. The van der Waals surface area contributed by atoms with E-state index in [0.29, 0.717) is 11.2 Å². The molecule has 1 aromatic heterocycles. The Morgan fingerprint density at radius 2 is 1.84 bits per heavy atom. The molecule has 1 aromatic carbocycles. The Labute approximate surface area is 109 Å². The third-order valence-corrected chi connectivity index (χ3v) is 2.92. The summed E-state index contributed by atoms with van der Waals surface area (Å²) in [5.74, 6) is -2.95. The quantitative estimate of drug-likeness (QED) is 0.860. The molecule has 5 nitrogen and oxygen atoms in total. The number of aromatic nitrogens is 1. The highest BCUT2D eigenvalue weighted by molar-refractivity contribution is 5.81. The highest BCUT2D eigenvalue weighted by atomic mass is 16.4. The lowest BCUT2D eigenvalue weighted by atomic mass is 9.98. The molecule has 1 unspecified atom stereocenters. The molecular weight excluding hydrogens is 246 g/mol. The van der Waals surface area contributed by atoms with Gasteiger partial charge in [0.05, 0.1) is 17.1 Å². The van der Waals surface area contributed by atoms with Gasteiger partial charge in [-0.25, -0.2) is 0 Å². The summed E-state index contributed by atoms with van der Waals surface area (Å²) in [5, 5.41) is 18.8. The number of para-hydroxylation sites is 1. The van der Waals surface area contributed by atoms with Gasteiger partial charge in [-0.3, -0.25) is 14.6 Å². The second-order valence-corrected chi connectivity index (χ2v) is 4.25. The average molecular weight is 259 g/mol. The van der Waals surface area contributed by atoms with E-state index in [2.05, 4.69) is 4.98 Å². The van der Waals surface area contributed by atoms with Crippen molar-refractivity contribution in [1.29, 1.82) is 0 Å². The highest BCUT2D eigenvalue weighted by Crippen LogP contribution is 2.22. The predicted molar refractivity (Wildman–Crippen MR) is 69.0 cm³/mol. The minimum absolute atomic E-state index is 0.0377. The summed E-state index contributed by atoms with van der Waals surface area (Å²) < 4.78 is 0. The minimum Gasteiger partial charge on any atom is -0.481 e. The monoisotopic (exact) mass is 259 g/mol. The van der Waals surface area contributed by atoms with Crippen LogP contribution in [0.2, 0.25) is 0 Å². The number of carboxylic acid groups (broad SMARTS) is 2. The Bertz CT molecular complexity index is 624. The van der Waals surface area contributed by atoms with Gasteiger partial charge < -0.3 is 10.2 Å². The molecule has 0 aliphatic rings. The Morgan fingerprint density at radius 3 is 2.53 bits per heavy atom. The molecule has 0 aliphatic heterocycles. The van der Waals surface area contributed by atoms with Crippen LogP contribution in [-0.2, 0) is 9.59 Å². The molecule has 0 fully saturated rings. The maximum absolute atomic E-state index is 11.2. The molecule has 0 saturated heterocycles. The van der Waals surface area contributed by atoms with E-state index in [1.807, 2.05) is 18.2 Å².